The molecule has 0 rings (SSSR count). The first-order chi connectivity index (χ1) is 6.34. The number of nitrogens with two attached hydrogens (primary N) is 2. The van der Waals surface area contributed by atoms with Crippen molar-refractivity contribution in [3.63, 3.8) is 0 Å². The minimum Gasteiger partial charge on any atom is -0.480 e. The molecule has 0 spiro atoms. The van der Waals surface area contributed by atoms with Crippen LogP contribution in [-0.2, 0) is 9.59 Å². The summed E-state index contributed by atoms with van der Waals surface area (Å²) in [6.07, 6.45) is 0.369. The molecule has 1 unspecified atom stereocenters. The van der Waals surface area contributed by atoms with Gasteiger partial charge in [0.05, 0.1) is 6.04 Å². The summed E-state index contributed by atoms with van der Waals surface area (Å²) in [6.45, 7) is 3.90. The molecule has 82 valence electrons. The molecule has 0 saturated heterocycles. The van der Waals surface area contributed by atoms with Crippen LogP contribution in [0.1, 0.15) is 26.7 Å². The molecule has 0 amide bonds. The van der Waals surface area contributed by atoms with E-state index in [4.69, 9.17) is 16.6 Å². The highest BCUT2D eigenvalue weighted by Crippen LogP contribution is 2.05. The fourth-order valence-electron chi connectivity index (χ4n) is 1.09. The fraction of sp³-hybridized carbons (Fsp3) is 0.778. The van der Waals surface area contributed by atoms with Crippen molar-refractivity contribution in [1.82, 2.24) is 0 Å². The summed E-state index contributed by atoms with van der Waals surface area (Å²) in [5, 5.41) is 8.48. The molecule has 5 N–H and O–H groups in total. The molecule has 0 bridgehead atoms. The van der Waals surface area contributed by atoms with Crippen LogP contribution in [0.3, 0.4) is 0 Å². The molecular weight excluding hydrogens is 184 g/mol. The Bertz CT molecular complexity index is 216. The summed E-state index contributed by atoms with van der Waals surface area (Å²) >= 11 is 0. The normalized spacial score (nSPS) is 15.2. The molecule has 0 aliphatic rings. The van der Waals surface area contributed by atoms with Crippen molar-refractivity contribution in [2.45, 2.75) is 38.8 Å². The maximum absolute atomic E-state index is 11.3. The lowest BCUT2D eigenvalue weighted by atomic mass is 9.97. The van der Waals surface area contributed by atoms with Crippen LogP contribution in [0.25, 0.3) is 0 Å². The SMILES string of the molecule is CC(C)CC(N)C(=O)C[C@H](N)C(=O)O. The third kappa shape index (κ3) is 4.94. The molecule has 2 atom stereocenters. The highest BCUT2D eigenvalue weighted by molar-refractivity contribution is 5.88. The molecule has 0 aromatic heterocycles. The molecule has 0 heterocycles. The van der Waals surface area contributed by atoms with Crippen molar-refractivity contribution >= 4 is 11.8 Å². The van der Waals surface area contributed by atoms with E-state index in [-0.39, 0.29) is 12.2 Å². The number of carboxylic acids is 1. The second kappa shape index (κ2) is 5.72. The predicted octanol–water partition coefficient (Wildman–Crippen LogP) is -0.269. The van der Waals surface area contributed by atoms with Crippen molar-refractivity contribution in [3.05, 3.63) is 0 Å². The van der Waals surface area contributed by atoms with Crippen molar-refractivity contribution in [2.75, 3.05) is 0 Å². The number of hydrogen-bond donors (Lipinski definition) is 3. The molecule has 0 aliphatic carbocycles. The highest BCUT2D eigenvalue weighted by atomic mass is 16.4. The Morgan fingerprint density at radius 1 is 1.21 bits per heavy atom. The topological polar surface area (TPSA) is 106 Å². The molecule has 5 heteroatoms. The molecule has 0 radical (unpaired) electrons. The van der Waals surface area contributed by atoms with E-state index in [1.54, 1.807) is 0 Å². The van der Waals surface area contributed by atoms with Gasteiger partial charge in [-0.3, -0.25) is 9.59 Å². The largest absolute Gasteiger partial charge is 0.480 e. The van der Waals surface area contributed by atoms with Crippen LogP contribution in [0.2, 0.25) is 0 Å². The van der Waals surface area contributed by atoms with Crippen molar-refractivity contribution in [1.29, 1.82) is 0 Å². The van der Waals surface area contributed by atoms with Crippen molar-refractivity contribution in [3.8, 4) is 0 Å². The van der Waals surface area contributed by atoms with Gasteiger partial charge in [-0.25, -0.2) is 0 Å². The first-order valence-electron chi connectivity index (χ1n) is 4.61. The Morgan fingerprint density at radius 2 is 1.71 bits per heavy atom. The predicted molar refractivity (Wildman–Crippen MR) is 52.7 cm³/mol. The van der Waals surface area contributed by atoms with Gasteiger partial charge in [-0.2, -0.15) is 0 Å². The molecule has 0 aliphatic heterocycles. The van der Waals surface area contributed by atoms with Crippen LogP contribution >= 0.6 is 0 Å². The number of carbonyl (C=O) groups excluding carboxylic acids is 1. The van der Waals surface area contributed by atoms with Crippen molar-refractivity contribution < 1.29 is 14.7 Å². The number of carboxylic acid groups (broad SMARTS) is 1. The van der Waals surface area contributed by atoms with Gasteiger partial charge in [0.1, 0.15) is 6.04 Å². The van der Waals surface area contributed by atoms with Gasteiger partial charge in [0.15, 0.2) is 5.78 Å². The second-order valence-corrected chi connectivity index (χ2v) is 3.85. The molecule has 5 nitrogen and oxygen atoms in total. The van der Waals surface area contributed by atoms with E-state index in [2.05, 4.69) is 0 Å². The lowest BCUT2D eigenvalue weighted by molar-refractivity contribution is -0.140. The van der Waals surface area contributed by atoms with Gasteiger partial charge in [0.2, 0.25) is 0 Å². The Labute approximate surface area is 83.5 Å². The summed E-state index contributed by atoms with van der Waals surface area (Å²) in [5.74, 6) is -1.14. The average molecular weight is 202 g/mol. The van der Waals surface area contributed by atoms with Gasteiger partial charge < -0.3 is 16.6 Å². The van der Waals surface area contributed by atoms with E-state index in [1.807, 2.05) is 13.8 Å². The minimum atomic E-state index is -1.17. The van der Waals surface area contributed by atoms with Gasteiger partial charge in [0.25, 0.3) is 0 Å². The summed E-state index contributed by atoms with van der Waals surface area (Å²) in [5.41, 5.74) is 10.8. The molecule has 0 aromatic rings. The number of aliphatic carboxylic acids is 1. The minimum absolute atomic E-state index is 0.191. The number of hydrogen-bond acceptors (Lipinski definition) is 4. The Morgan fingerprint density at radius 3 is 2.07 bits per heavy atom. The van der Waals surface area contributed by atoms with E-state index in [0.717, 1.165) is 0 Å². The van der Waals surface area contributed by atoms with Crippen molar-refractivity contribution in [2.24, 2.45) is 17.4 Å². The first kappa shape index (κ1) is 13.1. The quantitative estimate of drug-likeness (QED) is 0.549. The molecule has 14 heavy (non-hydrogen) atoms. The number of Topliss-reactive ketones (excluding diaryl/α,β-unsaturated/α-hetero) is 1. The highest BCUT2D eigenvalue weighted by Gasteiger charge is 2.21. The first-order valence-corrected chi connectivity index (χ1v) is 4.61. The average Bonchev–Trinajstić information content (AvgIpc) is 2.02. The summed E-state index contributed by atoms with van der Waals surface area (Å²) < 4.78 is 0. The smallest absolute Gasteiger partial charge is 0.320 e. The summed E-state index contributed by atoms with van der Waals surface area (Å²) in [6, 6.07) is -1.74. The third-order valence-corrected chi connectivity index (χ3v) is 1.88. The molecular formula is C9H18N2O3. The van der Waals surface area contributed by atoms with E-state index >= 15 is 0 Å². The Balaban J connectivity index is 4.01. The van der Waals surface area contributed by atoms with Gasteiger partial charge in [-0.15, -0.1) is 0 Å². The van der Waals surface area contributed by atoms with Crippen LogP contribution < -0.4 is 11.5 Å². The van der Waals surface area contributed by atoms with Gasteiger partial charge in [-0.05, 0) is 12.3 Å². The molecule has 0 saturated carbocycles. The zero-order valence-electron chi connectivity index (χ0n) is 8.56. The maximum atomic E-state index is 11.3. The monoisotopic (exact) mass is 202 g/mol. The molecule has 0 aromatic carbocycles. The lowest BCUT2D eigenvalue weighted by Gasteiger charge is -2.14. The summed E-state index contributed by atoms with van der Waals surface area (Å²) in [7, 11) is 0. The van der Waals surface area contributed by atoms with Crippen LogP contribution in [0.15, 0.2) is 0 Å². The van der Waals surface area contributed by atoms with Crippen LogP contribution in [0, 0.1) is 5.92 Å². The number of ketones is 1. The Kier molecular flexibility index (Phi) is 5.34. The number of rotatable bonds is 6. The van der Waals surface area contributed by atoms with E-state index < -0.39 is 18.1 Å². The maximum Gasteiger partial charge on any atom is 0.320 e. The number of carbonyl (C=O) groups is 2. The van der Waals surface area contributed by atoms with E-state index in [1.165, 1.54) is 0 Å². The standard InChI is InChI=1S/C9H18N2O3/c1-5(2)3-6(10)8(12)4-7(11)9(13)14/h5-7H,3-4,10-11H2,1-2H3,(H,13,14)/t6?,7-/m0/s1. The Hall–Kier alpha value is -0.940. The molecule has 0 fully saturated rings. The van der Waals surface area contributed by atoms with Gasteiger partial charge in [-0.1, -0.05) is 13.8 Å². The van der Waals surface area contributed by atoms with Crippen LogP contribution in [-0.4, -0.2) is 28.9 Å². The summed E-state index contributed by atoms with van der Waals surface area (Å²) in [4.78, 5) is 21.7. The van der Waals surface area contributed by atoms with E-state index in [9.17, 15) is 9.59 Å². The van der Waals surface area contributed by atoms with Gasteiger partial charge >= 0.3 is 5.97 Å². The van der Waals surface area contributed by atoms with Crippen LogP contribution in [0.4, 0.5) is 0 Å². The fourth-order valence-corrected chi connectivity index (χ4v) is 1.09. The lowest BCUT2D eigenvalue weighted by Crippen LogP contribution is -2.39. The zero-order valence-corrected chi connectivity index (χ0v) is 8.56. The van der Waals surface area contributed by atoms with Gasteiger partial charge in [0, 0.05) is 6.42 Å². The van der Waals surface area contributed by atoms with Crippen LogP contribution in [0.5, 0.6) is 0 Å². The zero-order chi connectivity index (χ0) is 11.3. The second-order valence-electron chi connectivity index (χ2n) is 3.85. The third-order valence-electron chi connectivity index (χ3n) is 1.88. The van der Waals surface area contributed by atoms with E-state index in [0.29, 0.717) is 12.3 Å².